The zero-order valence-corrected chi connectivity index (χ0v) is 16.2. The normalized spacial score (nSPS) is 10.0. The first-order valence-corrected chi connectivity index (χ1v) is 8.88. The predicted molar refractivity (Wildman–Crippen MR) is 104 cm³/mol. The van der Waals surface area contributed by atoms with E-state index in [9.17, 15) is 0 Å². The molecule has 0 aliphatic heterocycles. The summed E-state index contributed by atoms with van der Waals surface area (Å²) in [6.07, 6.45) is 1.91. The van der Waals surface area contributed by atoms with E-state index in [1.54, 1.807) is 7.11 Å². The zero-order valence-electron chi connectivity index (χ0n) is 14.6. The molecule has 0 radical (unpaired) electrons. The number of halogens is 1. The molecule has 0 saturated carbocycles. The molecule has 0 spiro atoms. The van der Waals surface area contributed by atoms with E-state index in [1.165, 1.54) is 0 Å². The van der Waals surface area contributed by atoms with Gasteiger partial charge in [-0.15, -0.1) is 0 Å². The van der Waals surface area contributed by atoms with Crippen molar-refractivity contribution in [2.45, 2.75) is 27.3 Å². The number of imidazole rings is 1. The standard InChI is InChI=1S/C18H17BrN2O.C2H6/c1-13-11-20-18(14-7-9-16(19)10-8-14)21(13)12-15-5-3-4-6-17(15)22-2;1-2/h3-11H,12H2,1-2H3;1-2H3. The Kier molecular flexibility index (Phi) is 6.62. The highest BCUT2D eigenvalue weighted by molar-refractivity contribution is 9.10. The molecule has 0 N–H and O–H groups in total. The van der Waals surface area contributed by atoms with E-state index >= 15 is 0 Å². The van der Waals surface area contributed by atoms with Crippen molar-refractivity contribution in [3.05, 3.63) is 70.5 Å². The summed E-state index contributed by atoms with van der Waals surface area (Å²) in [5.74, 6) is 1.87. The molecule has 0 saturated heterocycles. The summed E-state index contributed by atoms with van der Waals surface area (Å²) in [6.45, 7) is 6.81. The van der Waals surface area contributed by atoms with Gasteiger partial charge >= 0.3 is 0 Å². The van der Waals surface area contributed by atoms with E-state index in [2.05, 4.69) is 50.6 Å². The monoisotopic (exact) mass is 386 g/mol. The third-order valence-electron chi connectivity index (χ3n) is 3.68. The van der Waals surface area contributed by atoms with E-state index in [4.69, 9.17) is 4.74 Å². The predicted octanol–water partition coefficient (Wildman–Crippen LogP) is 5.70. The van der Waals surface area contributed by atoms with Crippen LogP contribution in [0.5, 0.6) is 5.75 Å². The van der Waals surface area contributed by atoms with Crippen molar-refractivity contribution in [3.63, 3.8) is 0 Å². The fraction of sp³-hybridized carbons (Fsp3) is 0.250. The molecule has 4 heteroatoms. The Morgan fingerprint density at radius 1 is 1.04 bits per heavy atom. The third-order valence-corrected chi connectivity index (χ3v) is 4.21. The number of hydrogen-bond acceptors (Lipinski definition) is 2. The minimum Gasteiger partial charge on any atom is -0.496 e. The second-order valence-electron chi connectivity index (χ2n) is 5.13. The fourth-order valence-corrected chi connectivity index (χ4v) is 2.76. The molecular weight excluding hydrogens is 364 g/mol. The number of nitrogens with zero attached hydrogens (tertiary/aromatic N) is 2. The molecule has 126 valence electrons. The molecule has 1 heterocycles. The number of para-hydroxylation sites is 1. The first-order valence-electron chi connectivity index (χ1n) is 8.09. The maximum Gasteiger partial charge on any atom is 0.140 e. The Hall–Kier alpha value is -2.07. The Morgan fingerprint density at radius 3 is 2.38 bits per heavy atom. The first-order chi connectivity index (χ1) is 11.7. The highest BCUT2D eigenvalue weighted by atomic mass is 79.9. The van der Waals surface area contributed by atoms with Crippen molar-refractivity contribution in [3.8, 4) is 17.1 Å². The molecular formula is C20H23BrN2O. The highest BCUT2D eigenvalue weighted by Crippen LogP contribution is 2.25. The van der Waals surface area contributed by atoms with Crippen molar-refractivity contribution in [1.29, 1.82) is 0 Å². The van der Waals surface area contributed by atoms with Gasteiger partial charge in [0.15, 0.2) is 0 Å². The largest absolute Gasteiger partial charge is 0.496 e. The lowest BCUT2D eigenvalue weighted by molar-refractivity contribution is 0.408. The number of benzene rings is 2. The molecule has 0 amide bonds. The van der Waals surface area contributed by atoms with E-state index in [1.807, 2.05) is 50.4 Å². The second kappa shape index (κ2) is 8.69. The Balaban J connectivity index is 0.00000100. The summed E-state index contributed by atoms with van der Waals surface area (Å²) in [4.78, 5) is 4.57. The van der Waals surface area contributed by atoms with Crippen molar-refractivity contribution in [2.24, 2.45) is 0 Å². The molecule has 0 bridgehead atoms. The van der Waals surface area contributed by atoms with Gasteiger partial charge in [-0.25, -0.2) is 4.98 Å². The molecule has 24 heavy (non-hydrogen) atoms. The smallest absolute Gasteiger partial charge is 0.140 e. The van der Waals surface area contributed by atoms with Crippen molar-refractivity contribution in [1.82, 2.24) is 9.55 Å². The zero-order chi connectivity index (χ0) is 17.5. The number of ether oxygens (including phenoxy) is 1. The van der Waals surface area contributed by atoms with Crippen LogP contribution in [0, 0.1) is 6.92 Å². The fourth-order valence-electron chi connectivity index (χ4n) is 2.49. The average Bonchev–Trinajstić information content (AvgIpc) is 2.99. The summed E-state index contributed by atoms with van der Waals surface area (Å²) >= 11 is 3.47. The van der Waals surface area contributed by atoms with Gasteiger partial charge in [-0.05, 0) is 25.1 Å². The van der Waals surface area contributed by atoms with Gasteiger partial charge in [-0.2, -0.15) is 0 Å². The number of rotatable bonds is 4. The van der Waals surface area contributed by atoms with E-state index in [-0.39, 0.29) is 0 Å². The van der Waals surface area contributed by atoms with Crippen molar-refractivity contribution >= 4 is 15.9 Å². The molecule has 3 nitrogen and oxygen atoms in total. The lowest BCUT2D eigenvalue weighted by atomic mass is 10.1. The molecule has 0 unspecified atom stereocenters. The van der Waals surface area contributed by atoms with Crippen LogP contribution in [0.25, 0.3) is 11.4 Å². The molecule has 0 aliphatic carbocycles. The number of hydrogen-bond donors (Lipinski definition) is 0. The Bertz CT molecular complexity index is 779. The summed E-state index contributed by atoms with van der Waals surface area (Å²) < 4.78 is 8.73. The van der Waals surface area contributed by atoms with Gasteiger partial charge in [-0.3, -0.25) is 0 Å². The SMILES string of the molecule is CC.COc1ccccc1Cn1c(C)cnc1-c1ccc(Br)cc1. The molecule has 3 rings (SSSR count). The van der Waals surface area contributed by atoms with Gasteiger partial charge in [0.25, 0.3) is 0 Å². The van der Waals surface area contributed by atoms with Crippen LogP contribution in [-0.2, 0) is 6.54 Å². The minimum atomic E-state index is 0.737. The topological polar surface area (TPSA) is 27.1 Å². The second-order valence-corrected chi connectivity index (χ2v) is 6.04. The number of aryl methyl sites for hydroxylation is 1. The third kappa shape index (κ3) is 4.06. The van der Waals surface area contributed by atoms with Gasteiger partial charge in [0.05, 0.1) is 13.7 Å². The average molecular weight is 387 g/mol. The summed E-state index contributed by atoms with van der Waals surface area (Å²) in [5.41, 5.74) is 3.37. The highest BCUT2D eigenvalue weighted by Gasteiger charge is 2.11. The van der Waals surface area contributed by atoms with Gasteiger partial charge in [0, 0.05) is 27.5 Å². The minimum absolute atomic E-state index is 0.737. The van der Waals surface area contributed by atoms with Crippen LogP contribution in [0.3, 0.4) is 0 Å². The van der Waals surface area contributed by atoms with Crippen LogP contribution in [0.2, 0.25) is 0 Å². The molecule has 0 aliphatic rings. The Labute approximate surface area is 152 Å². The van der Waals surface area contributed by atoms with Gasteiger partial charge < -0.3 is 9.30 Å². The van der Waals surface area contributed by atoms with Gasteiger partial charge in [0.1, 0.15) is 11.6 Å². The summed E-state index contributed by atoms with van der Waals surface area (Å²) in [5, 5.41) is 0. The molecule has 0 fully saturated rings. The van der Waals surface area contributed by atoms with Crippen LogP contribution in [0.1, 0.15) is 25.1 Å². The van der Waals surface area contributed by atoms with Crippen LogP contribution in [0.15, 0.2) is 59.2 Å². The first kappa shape index (κ1) is 18.3. The molecule has 3 aromatic rings. The molecule has 2 aromatic carbocycles. The van der Waals surface area contributed by atoms with Crippen LogP contribution >= 0.6 is 15.9 Å². The van der Waals surface area contributed by atoms with Crippen LogP contribution < -0.4 is 4.74 Å². The maximum absolute atomic E-state index is 5.46. The van der Waals surface area contributed by atoms with E-state index < -0.39 is 0 Å². The molecule has 1 aromatic heterocycles. The van der Waals surface area contributed by atoms with E-state index in [0.29, 0.717) is 0 Å². The van der Waals surface area contributed by atoms with Gasteiger partial charge in [0.2, 0.25) is 0 Å². The number of methoxy groups -OCH3 is 1. The maximum atomic E-state index is 5.46. The molecule has 0 atom stereocenters. The number of aromatic nitrogens is 2. The lowest BCUT2D eigenvalue weighted by Gasteiger charge is -2.13. The quantitative estimate of drug-likeness (QED) is 0.574. The summed E-state index contributed by atoms with van der Waals surface area (Å²) in [7, 11) is 1.70. The van der Waals surface area contributed by atoms with Gasteiger partial charge in [-0.1, -0.05) is 60.1 Å². The van der Waals surface area contributed by atoms with Crippen molar-refractivity contribution in [2.75, 3.05) is 7.11 Å². The van der Waals surface area contributed by atoms with Crippen molar-refractivity contribution < 1.29 is 4.74 Å². The van der Waals surface area contributed by atoms with E-state index in [0.717, 1.165) is 39.4 Å². The Morgan fingerprint density at radius 2 is 1.71 bits per heavy atom. The lowest BCUT2D eigenvalue weighted by Crippen LogP contribution is -2.05. The summed E-state index contributed by atoms with van der Waals surface area (Å²) in [6, 6.07) is 16.3. The van der Waals surface area contributed by atoms with Crippen LogP contribution in [-0.4, -0.2) is 16.7 Å². The van der Waals surface area contributed by atoms with Crippen LogP contribution in [0.4, 0.5) is 0 Å².